The molecule has 0 unspecified atom stereocenters. The summed E-state index contributed by atoms with van der Waals surface area (Å²) in [6, 6.07) is 4.58. The molecule has 30 heavy (non-hydrogen) atoms. The van der Waals surface area contributed by atoms with Crippen LogP contribution in [0.1, 0.15) is 20.0 Å². The number of carbonyl (C=O) groups is 2. The Morgan fingerprint density at radius 1 is 1.20 bits per heavy atom. The summed E-state index contributed by atoms with van der Waals surface area (Å²) < 4.78 is 16.6. The number of rotatable bonds is 14. The number of fused-ring (bicyclic) bond motifs is 1. The lowest BCUT2D eigenvalue weighted by Crippen LogP contribution is -2.29. The largest absolute Gasteiger partial charge is 0.507 e. The summed E-state index contributed by atoms with van der Waals surface area (Å²) >= 11 is 1.18. The molecule has 0 atom stereocenters. The van der Waals surface area contributed by atoms with Crippen molar-refractivity contribution in [2.45, 2.75) is 0 Å². The maximum atomic E-state index is 12.6. The third-order valence-electron chi connectivity index (χ3n) is 4.09. The van der Waals surface area contributed by atoms with Crippen molar-refractivity contribution in [3.05, 3.63) is 39.1 Å². The van der Waals surface area contributed by atoms with Gasteiger partial charge in [-0.2, -0.15) is 0 Å². The van der Waals surface area contributed by atoms with Gasteiger partial charge < -0.3 is 24.2 Å². The van der Waals surface area contributed by atoms with E-state index in [1.54, 1.807) is 13.1 Å². The molecular weight excluding hydrogens is 412 g/mol. The lowest BCUT2D eigenvalue weighted by molar-refractivity contribution is 0.0129. The van der Waals surface area contributed by atoms with Crippen LogP contribution >= 0.6 is 11.3 Å². The van der Waals surface area contributed by atoms with Crippen LogP contribution in [0, 0.1) is 0 Å². The Labute approximate surface area is 177 Å². The number of amides is 1. The fourth-order valence-electron chi connectivity index (χ4n) is 2.51. The van der Waals surface area contributed by atoms with Gasteiger partial charge in [0.25, 0.3) is 5.91 Å². The summed E-state index contributed by atoms with van der Waals surface area (Å²) in [6.07, 6.45) is 0.710. The second-order valence-corrected chi connectivity index (χ2v) is 7.22. The minimum Gasteiger partial charge on any atom is -0.507 e. The summed E-state index contributed by atoms with van der Waals surface area (Å²) in [6.45, 7) is 3.02. The van der Waals surface area contributed by atoms with Crippen molar-refractivity contribution < 1.29 is 28.9 Å². The Balaban J connectivity index is 1.66. The highest BCUT2D eigenvalue weighted by Crippen LogP contribution is 2.34. The molecule has 2 aromatic rings. The first-order chi connectivity index (χ1) is 14.6. The van der Waals surface area contributed by atoms with Crippen molar-refractivity contribution in [3.63, 3.8) is 0 Å². The van der Waals surface area contributed by atoms with E-state index in [0.717, 1.165) is 0 Å². The molecule has 0 bridgehead atoms. The normalized spacial score (nSPS) is 10.7. The summed E-state index contributed by atoms with van der Waals surface area (Å²) in [5, 5.41) is 13.8. The van der Waals surface area contributed by atoms with E-state index >= 15 is 0 Å². The van der Waals surface area contributed by atoms with Crippen LogP contribution in [0.25, 0.3) is 20.5 Å². The van der Waals surface area contributed by atoms with Crippen LogP contribution in [0.15, 0.2) is 23.3 Å². The highest BCUT2D eigenvalue weighted by atomic mass is 32.1. The quantitative estimate of drug-likeness (QED) is 0.159. The third-order valence-corrected chi connectivity index (χ3v) is 5.26. The van der Waals surface area contributed by atoms with Gasteiger partial charge >= 0.3 is 0 Å². The Morgan fingerprint density at radius 3 is 2.53 bits per heavy atom. The van der Waals surface area contributed by atoms with E-state index < -0.39 is 0 Å². The minimum absolute atomic E-state index is 0.0398. The minimum atomic E-state index is -0.204. The van der Waals surface area contributed by atoms with E-state index in [0.29, 0.717) is 79.5 Å². The van der Waals surface area contributed by atoms with Crippen molar-refractivity contribution in [1.29, 1.82) is 0 Å². The summed E-state index contributed by atoms with van der Waals surface area (Å²) in [5.74, 6) is -0.164. The molecule has 1 amide bonds. The predicted octanol–water partition coefficient (Wildman–Crippen LogP) is 2.85. The first-order valence-electron chi connectivity index (χ1n) is 9.28. The van der Waals surface area contributed by atoms with Crippen molar-refractivity contribution in [1.82, 2.24) is 4.90 Å². The molecule has 1 aromatic heterocycles. The van der Waals surface area contributed by atoms with Gasteiger partial charge in [0.05, 0.1) is 44.5 Å². The topological polar surface area (TPSA) is 134 Å². The Hall–Kier alpha value is -2.69. The molecule has 0 radical (unpaired) electrons. The van der Waals surface area contributed by atoms with Gasteiger partial charge in [-0.1, -0.05) is 5.11 Å². The molecule has 11 heteroatoms. The van der Waals surface area contributed by atoms with Crippen molar-refractivity contribution >= 4 is 33.6 Å². The molecular formula is C19H24N4O6S. The number of likely N-dealkylation sites (N-methyl/N-ethyl adjacent to an activating group) is 1. The average Bonchev–Trinajstić information content (AvgIpc) is 3.20. The number of hydrogen-bond acceptors (Lipinski definition) is 8. The van der Waals surface area contributed by atoms with E-state index in [1.165, 1.54) is 28.4 Å². The van der Waals surface area contributed by atoms with Gasteiger partial charge in [0.2, 0.25) is 0 Å². The lowest BCUT2D eigenvalue weighted by Gasteiger charge is -2.16. The van der Waals surface area contributed by atoms with Crippen LogP contribution in [-0.4, -0.2) is 82.0 Å². The highest BCUT2D eigenvalue weighted by molar-refractivity contribution is 7.21. The van der Waals surface area contributed by atoms with Gasteiger partial charge in [-0.15, -0.1) is 11.3 Å². The third kappa shape index (κ3) is 6.97. The fourth-order valence-corrected chi connectivity index (χ4v) is 3.66. The molecule has 2 rings (SSSR count). The number of phenolic OH excluding ortho intramolecular Hbond substituents is 1. The van der Waals surface area contributed by atoms with E-state index in [-0.39, 0.29) is 11.7 Å². The monoisotopic (exact) mass is 436 g/mol. The second-order valence-electron chi connectivity index (χ2n) is 6.16. The molecule has 0 aliphatic carbocycles. The molecule has 0 aliphatic heterocycles. The summed E-state index contributed by atoms with van der Waals surface area (Å²) in [4.78, 5) is 28.4. The zero-order chi connectivity index (χ0) is 21.8. The molecule has 0 saturated carbocycles. The van der Waals surface area contributed by atoms with Crippen molar-refractivity contribution in [3.8, 4) is 5.75 Å². The van der Waals surface area contributed by atoms with Gasteiger partial charge in [-0.05, 0) is 23.7 Å². The van der Waals surface area contributed by atoms with Crippen LogP contribution in [-0.2, 0) is 14.2 Å². The zero-order valence-electron chi connectivity index (χ0n) is 16.7. The molecule has 0 spiro atoms. The van der Waals surface area contributed by atoms with Crippen LogP contribution in [0.4, 0.5) is 0 Å². The Kier molecular flexibility index (Phi) is 10.1. The lowest BCUT2D eigenvalue weighted by atomic mass is 10.1. The molecule has 1 aromatic carbocycles. The van der Waals surface area contributed by atoms with E-state index in [9.17, 15) is 14.7 Å². The number of nitrogens with zero attached hydrogens (tertiary/aromatic N) is 4. The van der Waals surface area contributed by atoms with Gasteiger partial charge in [0, 0.05) is 40.7 Å². The highest BCUT2D eigenvalue weighted by Gasteiger charge is 2.17. The number of hydrogen-bond donors (Lipinski definition) is 1. The molecule has 1 N–H and O–H groups in total. The summed E-state index contributed by atoms with van der Waals surface area (Å²) in [5.41, 5.74) is 8.56. The first-order valence-corrected chi connectivity index (χ1v) is 10.1. The standard InChI is InChI=1S/C19H24N4O6S/c1-23(5-7-28-9-11-29-10-8-27-6-4-21-22-20)19(26)17-12-15-16(25)3-2-14(13-24)18(15)30-17/h2-3,12-13,25H,4-11H2,1H3. The SMILES string of the molecule is CN(CCOCCOCCOCCN=[N+]=[N-])C(=O)c1cc2c(O)ccc(C=O)c2s1. The number of phenols is 1. The molecule has 1 heterocycles. The number of thiophene rings is 1. The number of azide groups is 1. The molecule has 10 nitrogen and oxygen atoms in total. The van der Waals surface area contributed by atoms with Crippen molar-refractivity contribution in [2.75, 3.05) is 59.8 Å². The molecule has 0 fully saturated rings. The molecule has 162 valence electrons. The zero-order valence-corrected chi connectivity index (χ0v) is 17.5. The van der Waals surface area contributed by atoms with Gasteiger partial charge in [0.1, 0.15) is 5.75 Å². The number of benzene rings is 1. The van der Waals surface area contributed by atoms with Crippen LogP contribution in [0.5, 0.6) is 5.75 Å². The number of ether oxygens (including phenoxy) is 3. The van der Waals surface area contributed by atoms with Gasteiger partial charge in [-0.3, -0.25) is 9.59 Å². The summed E-state index contributed by atoms with van der Waals surface area (Å²) in [7, 11) is 1.67. The van der Waals surface area contributed by atoms with E-state index in [1.807, 2.05) is 0 Å². The van der Waals surface area contributed by atoms with Crippen LogP contribution in [0.2, 0.25) is 0 Å². The van der Waals surface area contributed by atoms with Crippen LogP contribution in [0.3, 0.4) is 0 Å². The number of aromatic hydroxyl groups is 1. The average molecular weight is 436 g/mol. The first kappa shape index (κ1) is 23.6. The van der Waals surface area contributed by atoms with Crippen LogP contribution < -0.4 is 0 Å². The number of aldehydes is 1. The fraction of sp³-hybridized carbons (Fsp3) is 0.474. The predicted molar refractivity (Wildman–Crippen MR) is 112 cm³/mol. The molecule has 0 saturated heterocycles. The second kappa shape index (κ2) is 12.8. The number of carbonyl (C=O) groups excluding carboxylic acids is 2. The Bertz CT molecular complexity index is 897. The maximum absolute atomic E-state index is 12.6. The smallest absolute Gasteiger partial charge is 0.263 e. The van der Waals surface area contributed by atoms with Crippen molar-refractivity contribution in [2.24, 2.45) is 5.11 Å². The van der Waals surface area contributed by atoms with Gasteiger partial charge in [0.15, 0.2) is 6.29 Å². The van der Waals surface area contributed by atoms with E-state index in [4.69, 9.17) is 19.7 Å². The maximum Gasteiger partial charge on any atom is 0.263 e. The van der Waals surface area contributed by atoms with E-state index in [2.05, 4.69) is 10.0 Å². The van der Waals surface area contributed by atoms with Gasteiger partial charge in [-0.25, -0.2) is 0 Å². The Morgan fingerprint density at radius 2 is 1.87 bits per heavy atom. The molecule has 0 aliphatic rings.